The Balaban J connectivity index is 1.55. The van der Waals surface area contributed by atoms with Crippen LogP contribution < -0.4 is 14.8 Å². The van der Waals surface area contributed by atoms with Crippen LogP contribution in [0, 0.1) is 5.82 Å². The van der Waals surface area contributed by atoms with Crippen molar-refractivity contribution in [3.05, 3.63) is 59.4 Å². The molecule has 6 heteroatoms. The van der Waals surface area contributed by atoms with Gasteiger partial charge < -0.3 is 19.7 Å². The molecular weight excluding hydrogens is 359 g/mol. The van der Waals surface area contributed by atoms with Gasteiger partial charge >= 0.3 is 0 Å². The average Bonchev–Trinajstić information content (AvgIpc) is 3.06. The first-order chi connectivity index (χ1) is 13.6. The Morgan fingerprint density at radius 3 is 2.68 bits per heavy atom. The van der Waals surface area contributed by atoms with E-state index in [2.05, 4.69) is 5.32 Å². The number of nitrogens with one attached hydrogen (secondary N) is 1. The number of ether oxygens (including phenoxy) is 2. The lowest BCUT2D eigenvalue weighted by atomic mass is 10.1. The second-order valence-corrected chi connectivity index (χ2v) is 6.96. The minimum absolute atomic E-state index is 0.175. The van der Waals surface area contributed by atoms with Gasteiger partial charge in [0, 0.05) is 31.1 Å². The Morgan fingerprint density at radius 2 is 1.93 bits per heavy atom. The first-order valence-electron chi connectivity index (χ1n) is 9.57. The molecule has 1 heterocycles. The number of benzene rings is 2. The number of nitrogens with zero attached hydrogens (tertiary/aromatic N) is 1. The Kier molecular flexibility index (Phi) is 6.87. The van der Waals surface area contributed by atoms with Crippen LogP contribution in [0.5, 0.6) is 11.5 Å². The highest BCUT2D eigenvalue weighted by Crippen LogP contribution is 2.30. The molecule has 0 spiro atoms. The normalized spacial score (nSPS) is 16.5. The third-order valence-electron chi connectivity index (χ3n) is 5.18. The zero-order chi connectivity index (χ0) is 19.9. The van der Waals surface area contributed by atoms with Crippen LogP contribution in [0.2, 0.25) is 0 Å². The van der Waals surface area contributed by atoms with E-state index in [1.165, 1.54) is 6.07 Å². The van der Waals surface area contributed by atoms with Gasteiger partial charge in [-0.25, -0.2) is 4.39 Å². The molecular formula is C22H27FN2O3. The summed E-state index contributed by atoms with van der Waals surface area (Å²) in [7, 11) is 3.21. The molecule has 0 saturated carbocycles. The first-order valence-corrected chi connectivity index (χ1v) is 9.57. The van der Waals surface area contributed by atoms with E-state index >= 15 is 0 Å². The van der Waals surface area contributed by atoms with Crippen molar-refractivity contribution in [1.29, 1.82) is 0 Å². The van der Waals surface area contributed by atoms with Crippen LogP contribution in [0.25, 0.3) is 0 Å². The number of likely N-dealkylation sites (tertiary alicyclic amines) is 1. The summed E-state index contributed by atoms with van der Waals surface area (Å²) in [6.45, 7) is 1.77. The van der Waals surface area contributed by atoms with Crippen LogP contribution in [0.3, 0.4) is 0 Å². The van der Waals surface area contributed by atoms with E-state index < -0.39 is 0 Å². The number of rotatable bonds is 9. The lowest BCUT2D eigenvalue weighted by Gasteiger charge is -2.25. The molecule has 0 radical (unpaired) electrons. The van der Waals surface area contributed by atoms with Gasteiger partial charge in [-0.05, 0) is 43.1 Å². The Hall–Kier alpha value is -2.60. The Morgan fingerprint density at radius 1 is 1.14 bits per heavy atom. The highest BCUT2D eigenvalue weighted by atomic mass is 19.1. The van der Waals surface area contributed by atoms with Gasteiger partial charge in [0.25, 0.3) is 0 Å². The van der Waals surface area contributed by atoms with Crippen molar-refractivity contribution in [2.24, 2.45) is 0 Å². The molecule has 0 aliphatic carbocycles. The summed E-state index contributed by atoms with van der Waals surface area (Å²) in [5, 5.41) is 3.29. The van der Waals surface area contributed by atoms with Crippen molar-refractivity contribution >= 4 is 5.91 Å². The van der Waals surface area contributed by atoms with Crippen LogP contribution in [-0.2, 0) is 17.9 Å². The van der Waals surface area contributed by atoms with Gasteiger partial charge in [0.2, 0.25) is 5.91 Å². The van der Waals surface area contributed by atoms with E-state index in [1.54, 1.807) is 26.4 Å². The third kappa shape index (κ3) is 4.81. The second kappa shape index (κ2) is 9.55. The number of hydrogen-bond acceptors (Lipinski definition) is 4. The van der Waals surface area contributed by atoms with E-state index in [-0.39, 0.29) is 17.8 Å². The molecule has 2 aromatic carbocycles. The summed E-state index contributed by atoms with van der Waals surface area (Å²) in [6.07, 6.45) is 2.27. The first kappa shape index (κ1) is 20.1. The van der Waals surface area contributed by atoms with E-state index in [9.17, 15) is 9.18 Å². The van der Waals surface area contributed by atoms with Crippen molar-refractivity contribution in [2.75, 3.05) is 20.8 Å². The van der Waals surface area contributed by atoms with Crippen LogP contribution in [0.1, 0.15) is 30.4 Å². The summed E-state index contributed by atoms with van der Waals surface area (Å²) < 4.78 is 24.3. The second-order valence-electron chi connectivity index (χ2n) is 6.96. The molecule has 3 rings (SSSR count). The van der Waals surface area contributed by atoms with Gasteiger partial charge in [-0.3, -0.25) is 4.79 Å². The van der Waals surface area contributed by atoms with Crippen molar-refractivity contribution in [3.8, 4) is 11.5 Å². The fourth-order valence-corrected chi connectivity index (χ4v) is 3.62. The molecule has 1 aliphatic heterocycles. The van der Waals surface area contributed by atoms with Gasteiger partial charge in [-0.1, -0.05) is 24.3 Å². The number of carbonyl (C=O) groups is 1. The van der Waals surface area contributed by atoms with Crippen LogP contribution >= 0.6 is 0 Å². The fraction of sp³-hybridized carbons (Fsp3) is 0.409. The molecule has 0 aromatic heterocycles. The maximum absolute atomic E-state index is 13.7. The summed E-state index contributed by atoms with van der Waals surface area (Å²) in [5.41, 5.74) is 1.67. The van der Waals surface area contributed by atoms with Crippen LogP contribution in [0.15, 0.2) is 42.5 Å². The monoisotopic (exact) mass is 386 g/mol. The van der Waals surface area contributed by atoms with E-state index in [4.69, 9.17) is 9.47 Å². The Labute approximate surface area is 165 Å². The molecule has 28 heavy (non-hydrogen) atoms. The van der Waals surface area contributed by atoms with Crippen molar-refractivity contribution in [3.63, 3.8) is 0 Å². The van der Waals surface area contributed by atoms with Gasteiger partial charge in [-0.15, -0.1) is 0 Å². The summed E-state index contributed by atoms with van der Waals surface area (Å²) >= 11 is 0. The maximum Gasteiger partial charge on any atom is 0.223 e. The maximum atomic E-state index is 13.7. The summed E-state index contributed by atoms with van der Waals surface area (Å²) in [4.78, 5) is 14.3. The minimum Gasteiger partial charge on any atom is -0.493 e. The molecule has 1 unspecified atom stereocenters. The third-order valence-corrected chi connectivity index (χ3v) is 5.18. The highest BCUT2D eigenvalue weighted by molar-refractivity contribution is 5.78. The fourth-order valence-electron chi connectivity index (χ4n) is 3.62. The minimum atomic E-state index is -0.193. The standard InChI is InChI=1S/C22H27FN2O3/c1-27-20-9-7-16(13-21(20)28-2)15-25-18(8-10-22(25)26)11-12-24-14-17-5-3-4-6-19(17)23/h3-7,9,13,18,24H,8,10-12,14-15H2,1-2H3. The topological polar surface area (TPSA) is 50.8 Å². The van der Waals surface area contributed by atoms with Crippen LogP contribution in [0.4, 0.5) is 4.39 Å². The number of carbonyl (C=O) groups excluding carboxylic acids is 1. The number of hydrogen-bond donors (Lipinski definition) is 1. The molecule has 1 fully saturated rings. The summed E-state index contributed by atoms with van der Waals surface area (Å²) in [6, 6.07) is 12.7. The van der Waals surface area contributed by atoms with Gasteiger partial charge in [0.1, 0.15) is 5.82 Å². The quantitative estimate of drug-likeness (QED) is 0.670. The molecule has 2 aromatic rings. The highest BCUT2D eigenvalue weighted by Gasteiger charge is 2.30. The van der Waals surface area contributed by atoms with E-state index in [0.717, 1.165) is 24.9 Å². The van der Waals surface area contributed by atoms with Gasteiger partial charge in [0.15, 0.2) is 11.5 Å². The molecule has 150 valence electrons. The van der Waals surface area contributed by atoms with Crippen molar-refractivity contribution in [2.45, 2.75) is 38.4 Å². The predicted octanol–water partition coefficient (Wildman–Crippen LogP) is 3.51. The van der Waals surface area contributed by atoms with Gasteiger partial charge in [0.05, 0.1) is 14.2 Å². The number of methoxy groups -OCH3 is 2. The zero-order valence-corrected chi connectivity index (χ0v) is 16.4. The molecule has 1 atom stereocenters. The zero-order valence-electron chi connectivity index (χ0n) is 16.4. The number of halogens is 1. The smallest absolute Gasteiger partial charge is 0.223 e. The SMILES string of the molecule is COc1ccc(CN2C(=O)CCC2CCNCc2ccccc2F)cc1OC. The van der Waals surface area contributed by atoms with Crippen molar-refractivity contribution < 1.29 is 18.7 Å². The predicted molar refractivity (Wildman–Crippen MR) is 106 cm³/mol. The van der Waals surface area contributed by atoms with E-state index in [1.807, 2.05) is 29.2 Å². The largest absolute Gasteiger partial charge is 0.493 e. The molecule has 1 N–H and O–H groups in total. The van der Waals surface area contributed by atoms with E-state index in [0.29, 0.717) is 36.6 Å². The molecule has 0 bridgehead atoms. The number of amides is 1. The van der Waals surface area contributed by atoms with Crippen LogP contribution in [-0.4, -0.2) is 37.6 Å². The lowest BCUT2D eigenvalue weighted by molar-refractivity contribution is -0.129. The molecule has 1 saturated heterocycles. The molecule has 5 nitrogen and oxygen atoms in total. The molecule has 1 aliphatic rings. The summed E-state index contributed by atoms with van der Waals surface area (Å²) in [5.74, 6) is 1.32. The lowest BCUT2D eigenvalue weighted by Crippen LogP contribution is -2.34. The Bertz CT molecular complexity index is 812. The van der Waals surface area contributed by atoms with Gasteiger partial charge in [-0.2, -0.15) is 0 Å². The molecule has 1 amide bonds. The average molecular weight is 386 g/mol. The van der Waals surface area contributed by atoms with Crippen molar-refractivity contribution in [1.82, 2.24) is 10.2 Å².